The van der Waals surface area contributed by atoms with Crippen LogP contribution in [0.1, 0.15) is 25.3 Å². The van der Waals surface area contributed by atoms with Crippen molar-refractivity contribution >= 4 is 5.95 Å². The topological polar surface area (TPSA) is 81.9 Å². The first-order chi connectivity index (χ1) is 17.5. The highest BCUT2D eigenvalue weighted by Gasteiger charge is 2.23. The molecule has 2 aromatic carbocycles. The van der Waals surface area contributed by atoms with Gasteiger partial charge in [-0.25, -0.2) is 23.4 Å². The van der Waals surface area contributed by atoms with Crippen LogP contribution in [0.5, 0.6) is 5.75 Å². The van der Waals surface area contributed by atoms with Gasteiger partial charge in [0.25, 0.3) is 0 Å². The normalized spacial score (nSPS) is 14.3. The molecule has 0 unspecified atom stereocenters. The van der Waals surface area contributed by atoms with Gasteiger partial charge >= 0.3 is 0 Å². The second-order valence-corrected chi connectivity index (χ2v) is 8.96. The summed E-state index contributed by atoms with van der Waals surface area (Å²) in [6.45, 7) is 3.88. The van der Waals surface area contributed by atoms with E-state index in [0.717, 1.165) is 49.4 Å². The van der Waals surface area contributed by atoms with Crippen LogP contribution < -0.4 is 9.64 Å². The van der Waals surface area contributed by atoms with Crippen molar-refractivity contribution in [3.63, 3.8) is 0 Å². The molecule has 0 radical (unpaired) electrons. The minimum Gasteiger partial charge on any atom is -0.487 e. The van der Waals surface area contributed by atoms with E-state index in [-0.39, 0.29) is 18.3 Å². The summed E-state index contributed by atoms with van der Waals surface area (Å²) < 4.78 is 37.0. The fraction of sp³-hybridized carbons (Fsp3) is 0.346. The maximum Gasteiger partial charge on any atom is 0.225 e. The van der Waals surface area contributed by atoms with Gasteiger partial charge in [0.15, 0.2) is 23.2 Å². The average molecular weight is 492 g/mol. The molecule has 8 nitrogen and oxygen atoms in total. The molecular weight excluding hydrogens is 464 g/mol. The molecule has 3 heterocycles. The SMILES string of the molecule is CCc1cnc(N2CCC(COc3c(F)cc(-c4cccc(-c5nnnn5C)c4)cc3F)CC2)nc1. The Bertz CT molecular complexity index is 1310. The van der Waals surface area contributed by atoms with Crippen LogP contribution in [0, 0.1) is 17.6 Å². The lowest BCUT2D eigenvalue weighted by molar-refractivity contribution is 0.207. The lowest BCUT2D eigenvalue weighted by atomic mass is 9.98. The molecule has 186 valence electrons. The van der Waals surface area contributed by atoms with Gasteiger partial charge in [0.05, 0.1) is 6.61 Å². The second kappa shape index (κ2) is 10.3. The van der Waals surface area contributed by atoms with Crippen molar-refractivity contribution in [1.29, 1.82) is 0 Å². The molecular formula is C26H27F2N7O. The smallest absolute Gasteiger partial charge is 0.225 e. The lowest BCUT2D eigenvalue weighted by Gasteiger charge is -2.31. The number of ether oxygens (including phenoxy) is 1. The number of aryl methyl sites for hydroxylation is 2. The zero-order valence-electron chi connectivity index (χ0n) is 20.2. The van der Waals surface area contributed by atoms with E-state index in [9.17, 15) is 8.78 Å². The molecule has 0 spiro atoms. The van der Waals surface area contributed by atoms with E-state index in [1.807, 2.05) is 18.5 Å². The van der Waals surface area contributed by atoms with Gasteiger partial charge in [0.2, 0.25) is 5.95 Å². The molecule has 1 fully saturated rings. The van der Waals surface area contributed by atoms with Crippen LogP contribution in [0.2, 0.25) is 0 Å². The van der Waals surface area contributed by atoms with Crippen LogP contribution in [-0.2, 0) is 13.5 Å². The van der Waals surface area contributed by atoms with E-state index in [1.165, 1.54) is 16.8 Å². The van der Waals surface area contributed by atoms with Crippen molar-refractivity contribution in [1.82, 2.24) is 30.2 Å². The maximum absolute atomic E-state index is 14.9. The molecule has 36 heavy (non-hydrogen) atoms. The van der Waals surface area contributed by atoms with E-state index >= 15 is 0 Å². The number of nitrogens with zero attached hydrogens (tertiary/aromatic N) is 7. The van der Waals surface area contributed by atoms with Gasteiger partial charge in [-0.05, 0) is 70.5 Å². The van der Waals surface area contributed by atoms with Crippen LogP contribution >= 0.6 is 0 Å². The van der Waals surface area contributed by atoms with Crippen LogP contribution in [0.4, 0.5) is 14.7 Å². The van der Waals surface area contributed by atoms with Crippen LogP contribution in [0.25, 0.3) is 22.5 Å². The first-order valence-corrected chi connectivity index (χ1v) is 12.0. The highest BCUT2D eigenvalue weighted by molar-refractivity contribution is 5.70. The number of anilines is 1. The molecule has 1 aliphatic rings. The standard InChI is InChI=1S/C26H27F2N7O/c1-3-17-14-29-26(30-15-17)35-9-7-18(8-10-35)16-36-24-22(27)12-21(13-23(24)28)19-5-4-6-20(11-19)25-31-32-33-34(25)2/h4-6,11-15,18H,3,7-10,16H2,1-2H3. The number of hydrogen-bond acceptors (Lipinski definition) is 7. The number of aromatic nitrogens is 6. The van der Waals surface area contributed by atoms with Gasteiger partial charge in [0, 0.05) is 38.1 Å². The number of rotatable bonds is 7. The molecule has 4 aromatic rings. The minimum absolute atomic E-state index is 0.200. The molecule has 1 saturated heterocycles. The Hall–Kier alpha value is -3.95. The number of hydrogen-bond donors (Lipinski definition) is 0. The Morgan fingerprint density at radius 2 is 1.67 bits per heavy atom. The summed E-state index contributed by atoms with van der Waals surface area (Å²) in [6, 6.07) is 9.83. The van der Waals surface area contributed by atoms with Gasteiger partial charge < -0.3 is 9.64 Å². The molecule has 0 aliphatic carbocycles. The molecule has 0 bridgehead atoms. The third-order valence-electron chi connectivity index (χ3n) is 6.53. The first kappa shape index (κ1) is 23.8. The molecule has 5 rings (SSSR count). The summed E-state index contributed by atoms with van der Waals surface area (Å²) in [5, 5.41) is 11.5. The summed E-state index contributed by atoms with van der Waals surface area (Å²) in [5.41, 5.74) is 2.92. The Morgan fingerprint density at radius 3 is 2.31 bits per heavy atom. The molecule has 0 saturated carbocycles. The summed E-state index contributed by atoms with van der Waals surface area (Å²) in [6.07, 6.45) is 6.29. The van der Waals surface area contributed by atoms with Gasteiger partial charge in [-0.3, -0.25) is 0 Å². The van der Waals surface area contributed by atoms with Crippen molar-refractivity contribution < 1.29 is 13.5 Å². The fourth-order valence-corrected chi connectivity index (χ4v) is 4.37. The first-order valence-electron chi connectivity index (χ1n) is 12.0. The van der Waals surface area contributed by atoms with Crippen molar-refractivity contribution in [2.45, 2.75) is 26.2 Å². The van der Waals surface area contributed by atoms with E-state index in [4.69, 9.17) is 4.74 Å². The predicted octanol–water partition coefficient (Wildman–Crippen LogP) is 4.47. The fourth-order valence-electron chi connectivity index (χ4n) is 4.37. The zero-order valence-corrected chi connectivity index (χ0v) is 20.2. The number of halogens is 2. The highest BCUT2D eigenvalue weighted by atomic mass is 19.1. The van der Waals surface area contributed by atoms with E-state index in [0.29, 0.717) is 17.0 Å². The quantitative estimate of drug-likeness (QED) is 0.377. The van der Waals surface area contributed by atoms with Crippen molar-refractivity contribution in [3.05, 3.63) is 66.0 Å². The van der Waals surface area contributed by atoms with Gasteiger partial charge in [-0.15, -0.1) is 5.10 Å². The number of tetrazole rings is 1. The van der Waals surface area contributed by atoms with Gasteiger partial charge in [-0.1, -0.05) is 25.1 Å². The predicted molar refractivity (Wildman–Crippen MR) is 131 cm³/mol. The number of piperidine rings is 1. The largest absolute Gasteiger partial charge is 0.487 e. The van der Waals surface area contributed by atoms with Crippen molar-refractivity contribution in [3.8, 4) is 28.3 Å². The third kappa shape index (κ3) is 5.02. The van der Waals surface area contributed by atoms with Gasteiger partial charge in [0.1, 0.15) is 0 Å². The van der Waals surface area contributed by atoms with Crippen LogP contribution in [0.3, 0.4) is 0 Å². The maximum atomic E-state index is 14.9. The summed E-state index contributed by atoms with van der Waals surface area (Å²) >= 11 is 0. The van der Waals surface area contributed by atoms with Crippen molar-refractivity contribution in [2.75, 3.05) is 24.6 Å². The molecule has 0 N–H and O–H groups in total. The van der Waals surface area contributed by atoms with E-state index < -0.39 is 11.6 Å². The Balaban J connectivity index is 1.22. The molecule has 2 aromatic heterocycles. The monoisotopic (exact) mass is 491 g/mol. The van der Waals surface area contributed by atoms with Gasteiger partial charge in [-0.2, -0.15) is 0 Å². The highest BCUT2D eigenvalue weighted by Crippen LogP contribution is 2.32. The van der Waals surface area contributed by atoms with Crippen molar-refractivity contribution in [2.24, 2.45) is 13.0 Å². The zero-order chi connectivity index (χ0) is 25.1. The average Bonchev–Trinajstić information content (AvgIpc) is 3.34. The Labute approximate surface area is 208 Å². The van der Waals surface area contributed by atoms with Crippen LogP contribution in [-0.4, -0.2) is 49.9 Å². The summed E-state index contributed by atoms with van der Waals surface area (Å²) in [4.78, 5) is 11.0. The molecule has 0 atom stereocenters. The Kier molecular flexibility index (Phi) is 6.84. The van der Waals surface area contributed by atoms with Crippen LogP contribution in [0.15, 0.2) is 48.8 Å². The third-order valence-corrected chi connectivity index (χ3v) is 6.53. The van der Waals surface area contributed by atoms with E-state index in [2.05, 4.69) is 37.3 Å². The second-order valence-electron chi connectivity index (χ2n) is 8.96. The lowest BCUT2D eigenvalue weighted by Crippen LogP contribution is -2.36. The Morgan fingerprint density at radius 1 is 0.972 bits per heavy atom. The van der Waals surface area contributed by atoms with E-state index in [1.54, 1.807) is 25.2 Å². The molecule has 0 amide bonds. The molecule has 10 heteroatoms. The number of benzene rings is 2. The summed E-state index contributed by atoms with van der Waals surface area (Å²) in [5.74, 6) is -0.304. The minimum atomic E-state index is -0.724. The molecule has 1 aliphatic heterocycles. The summed E-state index contributed by atoms with van der Waals surface area (Å²) in [7, 11) is 1.73.